The van der Waals surface area contributed by atoms with Crippen molar-refractivity contribution in [1.29, 1.82) is 0 Å². The van der Waals surface area contributed by atoms with E-state index >= 15 is 0 Å². The van der Waals surface area contributed by atoms with E-state index in [2.05, 4.69) is 68.2 Å². The molecule has 0 saturated heterocycles. The molecule has 53 heavy (non-hydrogen) atoms. The van der Waals surface area contributed by atoms with E-state index in [0.717, 1.165) is 57.8 Å². The lowest BCUT2D eigenvalue weighted by Gasteiger charge is -2.19. The van der Waals surface area contributed by atoms with Gasteiger partial charge in [-0.3, -0.25) is 18.6 Å². The number of rotatable bonds is 38. The Morgan fingerprint density at radius 3 is 1.60 bits per heavy atom. The van der Waals surface area contributed by atoms with Crippen LogP contribution in [-0.4, -0.2) is 49.3 Å². The fraction of sp³-hybridized carbons (Fsp3) is 0.674. The zero-order chi connectivity index (χ0) is 38.9. The van der Waals surface area contributed by atoms with Crippen LogP contribution in [0.15, 0.2) is 73.4 Å². The van der Waals surface area contributed by atoms with Gasteiger partial charge in [0.25, 0.3) is 0 Å². The highest BCUT2D eigenvalue weighted by atomic mass is 31.2. The molecule has 0 saturated carbocycles. The van der Waals surface area contributed by atoms with E-state index in [1.165, 1.54) is 64.2 Å². The third-order valence-corrected chi connectivity index (χ3v) is 9.21. The third-order valence-electron chi connectivity index (χ3n) is 8.22. The molecule has 0 aliphatic heterocycles. The van der Waals surface area contributed by atoms with Crippen molar-refractivity contribution in [3.05, 3.63) is 73.4 Å². The maximum Gasteiger partial charge on any atom is 0.472 e. The van der Waals surface area contributed by atoms with Gasteiger partial charge in [0.2, 0.25) is 0 Å². The van der Waals surface area contributed by atoms with E-state index in [4.69, 9.17) is 24.3 Å². The van der Waals surface area contributed by atoms with Crippen molar-refractivity contribution in [3.63, 3.8) is 0 Å². The van der Waals surface area contributed by atoms with Gasteiger partial charge in [0, 0.05) is 19.4 Å². The zero-order valence-corrected chi connectivity index (χ0v) is 34.0. The largest absolute Gasteiger partial charge is 0.472 e. The number of carbonyl (C=O) groups is 2. The summed E-state index contributed by atoms with van der Waals surface area (Å²) in [6, 6.07) is 0. The molecule has 0 spiro atoms. The zero-order valence-electron chi connectivity index (χ0n) is 33.1. The number of ether oxygens (including phenoxy) is 2. The molecule has 0 radical (unpaired) electrons. The Labute approximate surface area is 322 Å². The van der Waals surface area contributed by atoms with Crippen molar-refractivity contribution >= 4 is 19.8 Å². The van der Waals surface area contributed by atoms with Crippen LogP contribution in [0.2, 0.25) is 0 Å². The monoisotopic (exact) mass is 764 g/mol. The maximum absolute atomic E-state index is 12.5. The van der Waals surface area contributed by atoms with Gasteiger partial charge in [-0.15, -0.1) is 6.58 Å². The first-order valence-electron chi connectivity index (χ1n) is 20.4. The first-order valence-corrected chi connectivity index (χ1v) is 21.9. The molecule has 3 N–H and O–H groups in total. The molecular formula is C43H74NO8P. The summed E-state index contributed by atoms with van der Waals surface area (Å²) in [5.41, 5.74) is 5.33. The number of hydrogen-bond donors (Lipinski definition) is 2. The number of carbonyl (C=O) groups excluding carboxylic acids is 2. The van der Waals surface area contributed by atoms with Gasteiger partial charge in [-0.05, 0) is 64.2 Å². The number of allylic oxidation sites excluding steroid dienone is 11. The SMILES string of the molecule is C=CCCCCCCCCCCCCCCCC(=O)OC[C@H](COP(=O)(O)OCCN)OC(=O)CCC/C=C/C/C=C/C/C=C/C/C=C/C/C=C/CC. The van der Waals surface area contributed by atoms with Crippen LogP contribution in [0.25, 0.3) is 0 Å². The van der Waals surface area contributed by atoms with Gasteiger partial charge in [0.05, 0.1) is 13.2 Å². The molecular weight excluding hydrogens is 689 g/mol. The van der Waals surface area contributed by atoms with Crippen molar-refractivity contribution < 1.29 is 37.6 Å². The summed E-state index contributed by atoms with van der Waals surface area (Å²) in [7, 11) is -4.39. The molecule has 2 atom stereocenters. The number of nitrogens with two attached hydrogens (primary N) is 1. The molecule has 0 bridgehead atoms. The molecule has 0 fully saturated rings. The minimum atomic E-state index is -4.39. The van der Waals surface area contributed by atoms with E-state index in [0.29, 0.717) is 12.8 Å². The maximum atomic E-state index is 12.5. The molecule has 10 heteroatoms. The second-order valence-electron chi connectivity index (χ2n) is 13.2. The van der Waals surface area contributed by atoms with Crippen LogP contribution in [0.3, 0.4) is 0 Å². The summed E-state index contributed by atoms with van der Waals surface area (Å²) in [5, 5.41) is 0. The molecule has 0 aromatic carbocycles. The first kappa shape index (κ1) is 50.5. The minimum Gasteiger partial charge on any atom is -0.462 e. The van der Waals surface area contributed by atoms with E-state index in [-0.39, 0.29) is 32.6 Å². The quantitative estimate of drug-likeness (QED) is 0.0273. The Bertz CT molecular complexity index is 1080. The summed E-state index contributed by atoms with van der Waals surface area (Å²) >= 11 is 0. The summed E-state index contributed by atoms with van der Waals surface area (Å²) in [6.07, 6.45) is 45.5. The Kier molecular flexibility index (Phi) is 37.3. The van der Waals surface area contributed by atoms with Crippen LogP contribution in [0.5, 0.6) is 0 Å². The predicted octanol–water partition coefficient (Wildman–Crippen LogP) is 11.5. The lowest BCUT2D eigenvalue weighted by molar-refractivity contribution is -0.161. The van der Waals surface area contributed by atoms with Gasteiger partial charge in [-0.25, -0.2) is 4.57 Å². The minimum absolute atomic E-state index is 0.0407. The van der Waals surface area contributed by atoms with Crippen molar-refractivity contribution in [2.75, 3.05) is 26.4 Å². The van der Waals surface area contributed by atoms with E-state index in [9.17, 15) is 19.0 Å². The summed E-state index contributed by atoms with van der Waals surface area (Å²) in [5.74, 6) is -0.905. The number of phosphoric ester groups is 1. The average molecular weight is 764 g/mol. The first-order chi connectivity index (χ1) is 25.8. The molecule has 9 nitrogen and oxygen atoms in total. The van der Waals surface area contributed by atoms with Crippen LogP contribution >= 0.6 is 7.82 Å². The predicted molar refractivity (Wildman–Crippen MR) is 219 cm³/mol. The van der Waals surface area contributed by atoms with Gasteiger partial charge in [0.1, 0.15) is 6.61 Å². The molecule has 0 amide bonds. The van der Waals surface area contributed by atoms with Crippen LogP contribution < -0.4 is 5.73 Å². The highest BCUT2D eigenvalue weighted by Crippen LogP contribution is 2.43. The molecule has 0 rings (SSSR count). The van der Waals surface area contributed by atoms with E-state index < -0.39 is 32.5 Å². The topological polar surface area (TPSA) is 134 Å². The van der Waals surface area contributed by atoms with Crippen molar-refractivity contribution in [2.24, 2.45) is 5.73 Å². The van der Waals surface area contributed by atoms with Crippen LogP contribution in [0, 0.1) is 0 Å². The fourth-order valence-electron chi connectivity index (χ4n) is 5.24. The molecule has 304 valence electrons. The Morgan fingerprint density at radius 1 is 0.623 bits per heavy atom. The molecule has 0 aromatic rings. The van der Waals surface area contributed by atoms with Gasteiger partial charge in [-0.1, -0.05) is 144 Å². The number of hydrogen-bond acceptors (Lipinski definition) is 8. The number of unbranched alkanes of at least 4 members (excludes halogenated alkanes) is 14. The fourth-order valence-corrected chi connectivity index (χ4v) is 6.00. The van der Waals surface area contributed by atoms with E-state index in [1.54, 1.807) is 0 Å². The van der Waals surface area contributed by atoms with Crippen LogP contribution in [0.4, 0.5) is 0 Å². The third kappa shape index (κ3) is 39.0. The highest BCUT2D eigenvalue weighted by molar-refractivity contribution is 7.47. The molecule has 0 aromatic heterocycles. The summed E-state index contributed by atoms with van der Waals surface area (Å²) in [6.45, 7) is 5.05. The van der Waals surface area contributed by atoms with Crippen LogP contribution in [-0.2, 0) is 32.7 Å². The summed E-state index contributed by atoms with van der Waals surface area (Å²) < 4.78 is 32.7. The van der Waals surface area contributed by atoms with Crippen molar-refractivity contribution in [3.8, 4) is 0 Å². The van der Waals surface area contributed by atoms with Crippen molar-refractivity contribution in [2.45, 2.75) is 161 Å². The summed E-state index contributed by atoms with van der Waals surface area (Å²) in [4.78, 5) is 34.8. The normalized spacial score (nSPS) is 13.9. The lowest BCUT2D eigenvalue weighted by atomic mass is 10.0. The van der Waals surface area contributed by atoms with Gasteiger partial charge >= 0.3 is 19.8 Å². The van der Waals surface area contributed by atoms with Crippen molar-refractivity contribution in [1.82, 2.24) is 0 Å². The molecule has 0 aliphatic carbocycles. The second kappa shape index (κ2) is 39.2. The molecule has 0 aliphatic rings. The molecule has 1 unspecified atom stereocenters. The Hall–Kier alpha value is -2.55. The Morgan fingerprint density at radius 2 is 1.09 bits per heavy atom. The smallest absolute Gasteiger partial charge is 0.462 e. The standard InChI is InChI=1S/C43H74NO8P/c1-3-5-7-9-11-13-15-17-19-20-22-24-26-28-30-32-34-36-43(46)52-41(40-51-53(47,48)50-38-37-44)39-49-42(45)35-33-31-29-27-25-23-21-18-16-14-12-10-8-6-4-2/h4-5,7,11,13,17,19,22,24,28,30,41H,2-3,6,8-10,12,14-16,18,20-21,23,25-27,29,31-40,44H2,1H3,(H,47,48)/b7-5+,13-11+,19-17+,24-22+,30-28+/t41-/m1/s1. The number of esters is 2. The molecule has 0 heterocycles. The second-order valence-corrected chi connectivity index (χ2v) is 14.7. The highest BCUT2D eigenvalue weighted by Gasteiger charge is 2.25. The van der Waals surface area contributed by atoms with E-state index in [1.807, 2.05) is 12.2 Å². The van der Waals surface area contributed by atoms with Gasteiger partial charge in [0.15, 0.2) is 6.10 Å². The van der Waals surface area contributed by atoms with Gasteiger partial charge < -0.3 is 20.1 Å². The Balaban J connectivity index is 4.28. The average Bonchev–Trinajstić information content (AvgIpc) is 3.14. The number of phosphoric acid groups is 1. The van der Waals surface area contributed by atoms with Gasteiger partial charge in [-0.2, -0.15) is 0 Å². The van der Waals surface area contributed by atoms with Crippen LogP contribution in [0.1, 0.15) is 155 Å². The lowest BCUT2D eigenvalue weighted by Crippen LogP contribution is -2.29.